The fourth-order valence-electron chi connectivity index (χ4n) is 2.35. The van der Waals surface area contributed by atoms with Gasteiger partial charge in [0.15, 0.2) is 0 Å². The van der Waals surface area contributed by atoms with Crippen molar-refractivity contribution in [2.75, 3.05) is 0 Å². The Bertz CT molecular complexity index is 184. The van der Waals surface area contributed by atoms with E-state index >= 15 is 0 Å². The van der Waals surface area contributed by atoms with Crippen LogP contribution in [0.5, 0.6) is 0 Å². The van der Waals surface area contributed by atoms with E-state index in [4.69, 9.17) is 10.9 Å². The first-order valence-electron chi connectivity index (χ1n) is 5.80. The van der Waals surface area contributed by atoms with E-state index in [0.29, 0.717) is 11.8 Å². The molecule has 82 valence electrons. The van der Waals surface area contributed by atoms with Gasteiger partial charge in [-0.15, -0.1) is 0 Å². The number of unbranched alkanes of at least 4 members (excludes halogenated alkanes) is 1. The summed E-state index contributed by atoms with van der Waals surface area (Å²) in [4.78, 5) is 0. The number of hydrogen-bond acceptors (Lipinski definition) is 1. The van der Waals surface area contributed by atoms with E-state index < -0.39 is 0 Å². The number of rotatable bonds is 4. The summed E-state index contributed by atoms with van der Waals surface area (Å²) >= 11 is 0. The maximum atomic E-state index is 8.68. The molecule has 0 saturated heterocycles. The van der Waals surface area contributed by atoms with Gasteiger partial charge in [0.25, 0.3) is 5.84 Å². The first-order chi connectivity index (χ1) is 6.77. The zero-order valence-corrected chi connectivity index (χ0v) is 9.13. The first kappa shape index (κ1) is 11.3. The minimum absolute atomic E-state index is 0.387. The maximum absolute atomic E-state index is 8.68. The standard InChI is InChI=1S/C11H22N2O/c1-2-3-4-9-5-7-10(8-6-9)11(12)13-14/h9-10,14H,2-8H2,1H3,(H2,12,13)/p+1. The molecule has 0 aromatic heterocycles. The van der Waals surface area contributed by atoms with Crippen molar-refractivity contribution in [3.8, 4) is 0 Å². The molecular weight excluding hydrogens is 176 g/mol. The third kappa shape index (κ3) is 3.20. The third-order valence-electron chi connectivity index (χ3n) is 3.38. The molecule has 0 bridgehead atoms. The highest BCUT2D eigenvalue weighted by atomic mass is 16.4. The monoisotopic (exact) mass is 199 g/mol. The van der Waals surface area contributed by atoms with Crippen molar-refractivity contribution >= 4 is 5.84 Å². The van der Waals surface area contributed by atoms with E-state index in [9.17, 15) is 0 Å². The van der Waals surface area contributed by atoms with Gasteiger partial charge in [-0.1, -0.05) is 31.3 Å². The summed E-state index contributed by atoms with van der Waals surface area (Å²) < 4.78 is 0. The van der Waals surface area contributed by atoms with Crippen LogP contribution in [-0.2, 0) is 0 Å². The largest absolute Gasteiger partial charge is 0.357 e. The SMILES string of the molecule is CCCCC1CCC(C(N)=[NH+]O)CC1. The fourth-order valence-corrected chi connectivity index (χ4v) is 2.35. The van der Waals surface area contributed by atoms with Crippen LogP contribution < -0.4 is 10.9 Å². The Kier molecular flexibility index (Phi) is 4.77. The molecule has 1 saturated carbocycles. The summed E-state index contributed by atoms with van der Waals surface area (Å²) in [5, 5.41) is 10.8. The van der Waals surface area contributed by atoms with Crippen LogP contribution in [0.15, 0.2) is 0 Å². The van der Waals surface area contributed by atoms with Crippen LogP contribution >= 0.6 is 0 Å². The van der Waals surface area contributed by atoms with Gasteiger partial charge >= 0.3 is 0 Å². The zero-order chi connectivity index (χ0) is 10.4. The summed E-state index contributed by atoms with van der Waals surface area (Å²) in [6, 6.07) is 0. The first-order valence-corrected chi connectivity index (χ1v) is 5.80. The highest BCUT2D eigenvalue weighted by Gasteiger charge is 2.26. The minimum Gasteiger partial charge on any atom is -0.357 e. The predicted molar refractivity (Wildman–Crippen MR) is 56.9 cm³/mol. The normalized spacial score (nSPS) is 29.1. The Morgan fingerprint density at radius 2 is 2.00 bits per heavy atom. The lowest BCUT2D eigenvalue weighted by atomic mass is 9.79. The van der Waals surface area contributed by atoms with Gasteiger partial charge in [0.2, 0.25) is 0 Å². The van der Waals surface area contributed by atoms with Crippen LogP contribution in [-0.4, -0.2) is 11.0 Å². The van der Waals surface area contributed by atoms with Gasteiger partial charge in [-0.05, 0) is 31.6 Å². The van der Waals surface area contributed by atoms with E-state index in [1.165, 1.54) is 32.1 Å². The molecule has 0 radical (unpaired) electrons. The molecule has 1 rings (SSSR count). The van der Waals surface area contributed by atoms with Gasteiger partial charge in [0.1, 0.15) is 0 Å². The second-order valence-electron chi connectivity index (χ2n) is 4.43. The molecule has 0 aliphatic heterocycles. The van der Waals surface area contributed by atoms with Crippen molar-refractivity contribution in [2.45, 2.75) is 51.9 Å². The number of nitrogens with two attached hydrogens (primary N) is 1. The van der Waals surface area contributed by atoms with E-state index in [-0.39, 0.29) is 0 Å². The summed E-state index contributed by atoms with van der Waals surface area (Å²) in [6.45, 7) is 2.24. The molecule has 4 N–H and O–H groups in total. The summed E-state index contributed by atoms with van der Waals surface area (Å²) in [5.41, 5.74) is 5.65. The highest BCUT2D eigenvalue weighted by molar-refractivity contribution is 5.76. The second kappa shape index (κ2) is 5.89. The van der Waals surface area contributed by atoms with E-state index in [2.05, 4.69) is 12.1 Å². The van der Waals surface area contributed by atoms with Crippen LogP contribution in [0, 0.1) is 11.8 Å². The molecule has 1 aliphatic carbocycles. The average Bonchev–Trinajstić information content (AvgIpc) is 2.26. The minimum atomic E-state index is 0.387. The van der Waals surface area contributed by atoms with Crippen molar-refractivity contribution in [1.29, 1.82) is 0 Å². The number of hydrogen-bond donors (Lipinski definition) is 3. The van der Waals surface area contributed by atoms with Crippen LogP contribution in [0.3, 0.4) is 0 Å². The quantitative estimate of drug-likeness (QED) is 0.271. The topological polar surface area (TPSA) is 60.2 Å². The molecule has 0 aromatic carbocycles. The van der Waals surface area contributed by atoms with Crippen LogP contribution in [0.1, 0.15) is 51.9 Å². The van der Waals surface area contributed by atoms with Crippen LogP contribution in [0.25, 0.3) is 0 Å². The van der Waals surface area contributed by atoms with E-state index in [1.807, 2.05) is 0 Å². The molecule has 1 fully saturated rings. The van der Waals surface area contributed by atoms with E-state index in [1.54, 1.807) is 0 Å². The summed E-state index contributed by atoms with van der Waals surface area (Å²) in [5.74, 6) is 1.84. The van der Waals surface area contributed by atoms with Gasteiger partial charge in [-0.25, -0.2) is 0 Å². The van der Waals surface area contributed by atoms with Gasteiger partial charge in [0.05, 0.1) is 5.92 Å². The average molecular weight is 199 g/mol. The predicted octanol–water partition coefficient (Wildman–Crippen LogP) is 0.810. The number of nitrogens with one attached hydrogen (secondary N) is 1. The molecule has 0 amide bonds. The molecule has 3 nitrogen and oxygen atoms in total. The van der Waals surface area contributed by atoms with Gasteiger partial charge in [0, 0.05) is 0 Å². The smallest absolute Gasteiger partial charge is 0.282 e. The Labute approximate surface area is 86.4 Å². The number of amidine groups is 1. The van der Waals surface area contributed by atoms with Crippen molar-refractivity contribution in [1.82, 2.24) is 0 Å². The van der Waals surface area contributed by atoms with Crippen molar-refractivity contribution in [3.05, 3.63) is 0 Å². The zero-order valence-electron chi connectivity index (χ0n) is 9.13. The molecule has 0 unspecified atom stereocenters. The summed E-state index contributed by atoms with van der Waals surface area (Å²) in [6.07, 6.45) is 8.83. The third-order valence-corrected chi connectivity index (χ3v) is 3.38. The molecule has 0 heterocycles. The van der Waals surface area contributed by atoms with Crippen LogP contribution in [0.4, 0.5) is 0 Å². The second-order valence-corrected chi connectivity index (χ2v) is 4.43. The fraction of sp³-hybridized carbons (Fsp3) is 0.909. The Morgan fingerprint density at radius 3 is 2.50 bits per heavy atom. The molecule has 3 heteroatoms. The molecule has 0 aromatic rings. The van der Waals surface area contributed by atoms with Gasteiger partial charge in [-0.2, -0.15) is 0 Å². The Hall–Kier alpha value is -0.730. The van der Waals surface area contributed by atoms with Crippen molar-refractivity contribution in [3.63, 3.8) is 0 Å². The molecule has 1 aliphatic rings. The highest BCUT2D eigenvalue weighted by Crippen LogP contribution is 2.31. The molecular formula is C11H23N2O+. The molecule has 0 atom stereocenters. The lowest BCUT2D eigenvalue weighted by Gasteiger charge is -2.25. The Balaban J connectivity index is 2.24. The van der Waals surface area contributed by atoms with Gasteiger partial charge < -0.3 is 5.21 Å². The lowest BCUT2D eigenvalue weighted by Crippen LogP contribution is -2.73. The van der Waals surface area contributed by atoms with Crippen molar-refractivity contribution < 1.29 is 10.4 Å². The maximum Gasteiger partial charge on any atom is 0.282 e. The molecule has 0 spiro atoms. The van der Waals surface area contributed by atoms with Gasteiger partial charge in [-0.3, -0.25) is 5.73 Å². The molecule has 14 heavy (non-hydrogen) atoms. The van der Waals surface area contributed by atoms with Crippen molar-refractivity contribution in [2.24, 2.45) is 17.6 Å². The van der Waals surface area contributed by atoms with Crippen LogP contribution in [0.2, 0.25) is 0 Å². The lowest BCUT2D eigenvalue weighted by molar-refractivity contribution is -0.739. The van der Waals surface area contributed by atoms with E-state index in [0.717, 1.165) is 18.8 Å². The Morgan fingerprint density at radius 1 is 1.36 bits per heavy atom. The summed E-state index contributed by atoms with van der Waals surface area (Å²) in [7, 11) is 0.